The molecule has 6 nitrogen and oxygen atoms in total. The van der Waals surface area contributed by atoms with Gasteiger partial charge < -0.3 is 10.6 Å². The average Bonchev–Trinajstić information content (AvgIpc) is 3.19. The fraction of sp³-hybridized carbons (Fsp3) is 0.217. The van der Waals surface area contributed by atoms with E-state index < -0.39 is 5.91 Å². The van der Waals surface area contributed by atoms with Crippen LogP contribution in [0.2, 0.25) is 0 Å². The Morgan fingerprint density at radius 2 is 1.93 bits per heavy atom. The molecule has 0 atom stereocenters. The van der Waals surface area contributed by atoms with Crippen molar-refractivity contribution >= 4 is 33.6 Å². The Balaban J connectivity index is 1.87. The van der Waals surface area contributed by atoms with Crippen LogP contribution in [0.3, 0.4) is 0 Å². The lowest BCUT2D eigenvalue weighted by Crippen LogP contribution is -2.23. The second-order valence-electron chi connectivity index (χ2n) is 6.72. The number of azo groups is 1. The number of primary amides is 1. The summed E-state index contributed by atoms with van der Waals surface area (Å²) in [7, 11) is 0. The summed E-state index contributed by atoms with van der Waals surface area (Å²) in [5.74, 6) is -0.523. The summed E-state index contributed by atoms with van der Waals surface area (Å²) in [6.07, 6.45) is 0.479. The highest BCUT2D eigenvalue weighted by molar-refractivity contribution is 7.19. The number of amides is 1. The first-order chi connectivity index (χ1) is 14.5. The van der Waals surface area contributed by atoms with Crippen LogP contribution in [-0.2, 0) is 0 Å². The van der Waals surface area contributed by atoms with Crippen molar-refractivity contribution in [1.29, 1.82) is 5.26 Å². The maximum absolute atomic E-state index is 11.9. The first kappa shape index (κ1) is 21.2. The van der Waals surface area contributed by atoms with Crippen LogP contribution in [0.4, 0.5) is 16.4 Å². The fourth-order valence-electron chi connectivity index (χ4n) is 3.08. The molecule has 3 rings (SSSR count). The minimum absolute atomic E-state index is 0.366. The van der Waals surface area contributed by atoms with Gasteiger partial charge >= 0.3 is 0 Å². The lowest BCUT2D eigenvalue weighted by Gasteiger charge is -2.22. The molecular formula is C23H23N5OS. The predicted octanol–water partition coefficient (Wildman–Crippen LogP) is 5.98. The van der Waals surface area contributed by atoms with Crippen molar-refractivity contribution in [2.24, 2.45) is 16.0 Å². The summed E-state index contributed by atoms with van der Waals surface area (Å²) < 4.78 is 0. The number of hydrogen-bond donors (Lipinski definition) is 1. The zero-order valence-electron chi connectivity index (χ0n) is 17.0. The molecule has 2 N–H and O–H groups in total. The van der Waals surface area contributed by atoms with Gasteiger partial charge in [-0.15, -0.1) is 21.6 Å². The summed E-state index contributed by atoms with van der Waals surface area (Å²) in [6.45, 7) is 5.54. The smallest absolute Gasteiger partial charge is 0.251 e. The second kappa shape index (κ2) is 9.81. The van der Waals surface area contributed by atoms with Gasteiger partial charge in [0.15, 0.2) is 5.00 Å². The van der Waals surface area contributed by atoms with E-state index in [2.05, 4.69) is 28.1 Å². The monoisotopic (exact) mass is 417 g/mol. The highest BCUT2D eigenvalue weighted by Crippen LogP contribution is 2.38. The largest absolute Gasteiger partial charge is 0.371 e. The van der Waals surface area contributed by atoms with Gasteiger partial charge in [-0.25, -0.2) is 0 Å². The van der Waals surface area contributed by atoms with E-state index in [1.165, 1.54) is 11.3 Å². The molecule has 0 aliphatic heterocycles. The van der Waals surface area contributed by atoms with Crippen molar-refractivity contribution < 1.29 is 4.79 Å². The van der Waals surface area contributed by atoms with Crippen LogP contribution in [0.25, 0.3) is 10.4 Å². The minimum Gasteiger partial charge on any atom is -0.371 e. The molecule has 0 unspecified atom stereocenters. The van der Waals surface area contributed by atoms with E-state index >= 15 is 0 Å². The van der Waals surface area contributed by atoms with Crippen LogP contribution >= 0.6 is 11.3 Å². The van der Waals surface area contributed by atoms with E-state index in [4.69, 9.17) is 11.0 Å². The third-order valence-electron chi connectivity index (χ3n) is 4.71. The normalized spacial score (nSPS) is 10.8. The van der Waals surface area contributed by atoms with E-state index in [1.807, 2.05) is 55.5 Å². The predicted molar refractivity (Wildman–Crippen MR) is 122 cm³/mol. The molecule has 30 heavy (non-hydrogen) atoms. The molecule has 0 fully saturated rings. The maximum Gasteiger partial charge on any atom is 0.251 e. The van der Waals surface area contributed by atoms with E-state index in [0.717, 1.165) is 33.9 Å². The van der Waals surface area contributed by atoms with Gasteiger partial charge in [0.2, 0.25) is 0 Å². The van der Waals surface area contributed by atoms with Crippen LogP contribution in [0, 0.1) is 18.3 Å². The Morgan fingerprint density at radius 3 is 2.57 bits per heavy atom. The number of carbonyl (C=O) groups excluding carboxylic acids is 1. The molecule has 0 saturated carbocycles. The first-order valence-electron chi connectivity index (χ1n) is 9.66. The molecule has 1 amide bonds. The Morgan fingerprint density at radius 1 is 1.17 bits per heavy atom. The van der Waals surface area contributed by atoms with Crippen molar-refractivity contribution in [3.8, 4) is 16.5 Å². The quantitative estimate of drug-likeness (QED) is 0.457. The zero-order valence-corrected chi connectivity index (χ0v) is 17.8. The lowest BCUT2D eigenvalue weighted by atomic mass is 10.1. The molecule has 0 bridgehead atoms. The van der Waals surface area contributed by atoms with Gasteiger partial charge in [0, 0.05) is 23.7 Å². The van der Waals surface area contributed by atoms with Crippen molar-refractivity contribution in [3.05, 3.63) is 65.7 Å². The van der Waals surface area contributed by atoms with Crippen LogP contribution < -0.4 is 10.6 Å². The van der Waals surface area contributed by atoms with Crippen molar-refractivity contribution in [3.63, 3.8) is 0 Å². The van der Waals surface area contributed by atoms with E-state index in [9.17, 15) is 4.79 Å². The number of nitriles is 1. The summed E-state index contributed by atoms with van der Waals surface area (Å²) in [6, 6.07) is 19.7. The number of benzene rings is 2. The highest BCUT2D eigenvalue weighted by atomic mass is 32.1. The van der Waals surface area contributed by atoms with E-state index in [0.29, 0.717) is 23.5 Å². The third-order valence-corrected chi connectivity index (χ3v) is 5.77. The lowest BCUT2D eigenvalue weighted by molar-refractivity contribution is 0.100. The molecule has 1 heterocycles. The highest BCUT2D eigenvalue weighted by Gasteiger charge is 2.15. The molecule has 2 aromatic carbocycles. The molecule has 0 spiro atoms. The molecule has 152 valence electrons. The third kappa shape index (κ3) is 4.91. The van der Waals surface area contributed by atoms with E-state index in [-0.39, 0.29) is 0 Å². The zero-order chi connectivity index (χ0) is 21.5. The van der Waals surface area contributed by atoms with Gasteiger partial charge in [0.1, 0.15) is 0 Å². The molecule has 0 saturated heterocycles. The van der Waals surface area contributed by atoms with Gasteiger partial charge in [-0.05, 0) is 49.2 Å². The number of nitrogens with two attached hydrogens (primary N) is 1. The Labute approximate surface area is 180 Å². The van der Waals surface area contributed by atoms with E-state index in [1.54, 1.807) is 6.07 Å². The fourth-order valence-corrected chi connectivity index (χ4v) is 4.07. The topological polar surface area (TPSA) is 94.8 Å². The van der Waals surface area contributed by atoms with Gasteiger partial charge in [-0.3, -0.25) is 4.79 Å². The number of aryl methyl sites for hydroxylation is 1. The number of rotatable bonds is 8. The second-order valence-corrected chi connectivity index (χ2v) is 7.75. The molecule has 7 heteroatoms. The number of anilines is 1. The molecular weight excluding hydrogens is 394 g/mol. The van der Waals surface area contributed by atoms with Crippen LogP contribution in [0.1, 0.15) is 29.3 Å². The molecule has 0 aliphatic carbocycles. The summed E-state index contributed by atoms with van der Waals surface area (Å²) in [5.41, 5.74) is 9.65. The summed E-state index contributed by atoms with van der Waals surface area (Å²) >= 11 is 1.39. The minimum atomic E-state index is -0.523. The SMILES string of the molecule is CCN(CCC#N)c1ccc(N=Nc2sc(-c3ccccc3)cc2C(N)=O)c(C)c1. The first-order valence-corrected chi connectivity index (χ1v) is 10.5. The number of thiophene rings is 1. The number of nitrogens with zero attached hydrogens (tertiary/aromatic N) is 4. The van der Waals surface area contributed by atoms with Crippen molar-refractivity contribution in [2.75, 3.05) is 18.0 Å². The summed E-state index contributed by atoms with van der Waals surface area (Å²) in [4.78, 5) is 14.9. The van der Waals surface area contributed by atoms with Crippen LogP contribution in [0.5, 0.6) is 0 Å². The maximum atomic E-state index is 11.9. The Kier molecular flexibility index (Phi) is 6.94. The average molecular weight is 418 g/mol. The van der Waals surface area contributed by atoms with Crippen molar-refractivity contribution in [1.82, 2.24) is 0 Å². The van der Waals surface area contributed by atoms with Gasteiger partial charge in [-0.2, -0.15) is 5.26 Å². The molecule has 3 aromatic rings. The Hall–Kier alpha value is -3.50. The van der Waals surface area contributed by atoms with Gasteiger partial charge in [0.05, 0.1) is 23.7 Å². The van der Waals surface area contributed by atoms with Crippen LogP contribution in [-0.4, -0.2) is 19.0 Å². The van der Waals surface area contributed by atoms with Gasteiger partial charge in [-0.1, -0.05) is 30.3 Å². The van der Waals surface area contributed by atoms with Gasteiger partial charge in [0.25, 0.3) is 5.91 Å². The Bertz CT molecular complexity index is 1100. The molecule has 0 aliphatic rings. The molecule has 0 radical (unpaired) electrons. The number of hydrogen-bond acceptors (Lipinski definition) is 6. The summed E-state index contributed by atoms with van der Waals surface area (Å²) in [5, 5.41) is 18.0. The van der Waals surface area contributed by atoms with Crippen molar-refractivity contribution in [2.45, 2.75) is 20.3 Å². The molecule has 1 aromatic heterocycles. The number of carbonyl (C=O) groups is 1. The standard InChI is InChI=1S/C23H23N5OS/c1-3-28(13-7-12-24)18-10-11-20(16(2)14-18)26-27-23-19(22(25)29)15-21(30-23)17-8-5-4-6-9-17/h4-6,8-11,14-15H,3,7,13H2,1-2H3,(H2,25,29). The van der Waals surface area contributed by atoms with Crippen LogP contribution in [0.15, 0.2) is 64.8 Å².